The summed E-state index contributed by atoms with van der Waals surface area (Å²) in [5.41, 5.74) is 5.98. The highest BCUT2D eigenvalue weighted by molar-refractivity contribution is 6.05. The van der Waals surface area contributed by atoms with E-state index in [1.165, 1.54) is 23.1 Å². The second kappa shape index (κ2) is 13.6. The highest BCUT2D eigenvalue weighted by Crippen LogP contribution is 2.54. The van der Waals surface area contributed by atoms with Crippen molar-refractivity contribution in [1.82, 2.24) is 0 Å². The van der Waals surface area contributed by atoms with Crippen LogP contribution in [0.15, 0.2) is 35.5 Å². The third-order valence-electron chi connectivity index (χ3n) is 8.67. The molecule has 0 radical (unpaired) electrons. The van der Waals surface area contributed by atoms with Crippen molar-refractivity contribution in [1.29, 1.82) is 0 Å². The topological polar surface area (TPSA) is 97.7 Å². The third-order valence-corrected chi connectivity index (χ3v) is 8.67. The first-order valence-corrected chi connectivity index (χ1v) is 15.6. The SMILES string of the molecule is CCCCCCc1cc(C(=O)C(C)(C)O)cc2c1C(CC)(CC)c1ccc(/C(COCC3CO3)=N/OC(=O)CC)cc1-2. The van der Waals surface area contributed by atoms with E-state index in [9.17, 15) is 14.7 Å². The van der Waals surface area contributed by atoms with E-state index < -0.39 is 11.6 Å². The molecule has 0 aromatic heterocycles. The molecule has 7 nitrogen and oxygen atoms in total. The van der Waals surface area contributed by atoms with Crippen molar-refractivity contribution < 1.29 is 29.0 Å². The molecule has 1 unspecified atom stereocenters. The van der Waals surface area contributed by atoms with E-state index in [0.717, 1.165) is 55.2 Å². The summed E-state index contributed by atoms with van der Waals surface area (Å²) in [7, 11) is 0. The molecule has 1 aliphatic heterocycles. The van der Waals surface area contributed by atoms with Crippen LogP contribution in [-0.4, -0.2) is 54.1 Å². The number of nitrogens with zero attached hydrogens (tertiary/aromatic N) is 1. The van der Waals surface area contributed by atoms with Crippen molar-refractivity contribution in [3.8, 4) is 11.1 Å². The average Bonchev–Trinajstić information content (AvgIpc) is 3.77. The monoisotopic (exact) mass is 577 g/mol. The predicted molar refractivity (Wildman–Crippen MR) is 165 cm³/mol. The fraction of sp³-hybridized carbons (Fsp3) is 0.571. The number of oxime groups is 1. The van der Waals surface area contributed by atoms with Crippen LogP contribution in [0.25, 0.3) is 11.1 Å². The molecule has 2 aromatic carbocycles. The zero-order valence-corrected chi connectivity index (χ0v) is 26.2. The van der Waals surface area contributed by atoms with E-state index in [-0.39, 0.29) is 30.3 Å². The second-order valence-corrected chi connectivity index (χ2v) is 12.1. The maximum atomic E-state index is 13.4. The molecule has 228 valence electrons. The van der Waals surface area contributed by atoms with Gasteiger partial charge in [0.2, 0.25) is 0 Å². The molecule has 4 rings (SSSR count). The molecule has 2 aromatic rings. The van der Waals surface area contributed by atoms with Gasteiger partial charge in [-0.25, -0.2) is 4.79 Å². The molecule has 0 bridgehead atoms. The number of unbranched alkanes of at least 4 members (excludes halogenated alkanes) is 3. The van der Waals surface area contributed by atoms with E-state index in [4.69, 9.17) is 14.3 Å². The van der Waals surface area contributed by atoms with Crippen LogP contribution in [0.5, 0.6) is 0 Å². The lowest BCUT2D eigenvalue weighted by atomic mass is 9.71. The fourth-order valence-corrected chi connectivity index (χ4v) is 6.17. The maximum absolute atomic E-state index is 13.4. The number of aliphatic hydroxyl groups is 1. The van der Waals surface area contributed by atoms with Gasteiger partial charge in [0.25, 0.3) is 0 Å². The van der Waals surface area contributed by atoms with E-state index in [1.807, 2.05) is 18.2 Å². The first-order valence-electron chi connectivity index (χ1n) is 15.6. The number of ketones is 1. The van der Waals surface area contributed by atoms with Crippen molar-refractivity contribution in [2.45, 2.75) is 110 Å². The van der Waals surface area contributed by atoms with Crippen LogP contribution in [0.1, 0.15) is 119 Å². The molecule has 0 spiro atoms. The summed E-state index contributed by atoms with van der Waals surface area (Å²) in [5, 5.41) is 14.9. The number of hydrogen-bond acceptors (Lipinski definition) is 7. The highest BCUT2D eigenvalue weighted by atomic mass is 16.7. The van der Waals surface area contributed by atoms with Gasteiger partial charge in [0.15, 0.2) is 5.78 Å². The lowest BCUT2D eigenvalue weighted by molar-refractivity contribution is -0.143. The summed E-state index contributed by atoms with van der Waals surface area (Å²) in [4.78, 5) is 30.5. The molecule has 1 fully saturated rings. The van der Waals surface area contributed by atoms with Gasteiger partial charge in [-0.1, -0.05) is 64.2 Å². The zero-order chi connectivity index (χ0) is 30.5. The molecule has 7 heteroatoms. The van der Waals surface area contributed by atoms with Gasteiger partial charge in [-0.15, -0.1) is 0 Å². The molecule has 2 aliphatic rings. The zero-order valence-electron chi connectivity index (χ0n) is 26.2. The smallest absolute Gasteiger partial charge is 0.334 e. The van der Waals surface area contributed by atoms with E-state index in [2.05, 4.69) is 38.1 Å². The Kier molecular flexibility index (Phi) is 10.4. The van der Waals surface area contributed by atoms with Gasteiger partial charge >= 0.3 is 5.97 Å². The highest BCUT2D eigenvalue weighted by Gasteiger charge is 2.43. The first kappa shape index (κ1) is 32.1. The maximum Gasteiger partial charge on any atom is 0.334 e. The summed E-state index contributed by atoms with van der Waals surface area (Å²) < 4.78 is 11.1. The molecule has 1 aliphatic carbocycles. The van der Waals surface area contributed by atoms with Gasteiger partial charge in [-0.2, -0.15) is 0 Å². The Morgan fingerprint density at radius 2 is 1.74 bits per heavy atom. The summed E-state index contributed by atoms with van der Waals surface area (Å²) in [6.07, 6.45) is 7.58. The Balaban J connectivity index is 1.85. The number of rotatable bonds is 16. The summed E-state index contributed by atoms with van der Waals surface area (Å²) in [6.45, 7) is 12.8. The largest absolute Gasteiger partial charge is 0.382 e. The van der Waals surface area contributed by atoms with Crippen molar-refractivity contribution in [2.75, 3.05) is 19.8 Å². The first-order chi connectivity index (χ1) is 20.1. The number of carbonyl (C=O) groups excluding carboxylic acids is 2. The molecule has 1 atom stereocenters. The summed E-state index contributed by atoms with van der Waals surface area (Å²) in [5.74, 6) is -0.698. The Morgan fingerprint density at radius 1 is 1.02 bits per heavy atom. The lowest BCUT2D eigenvalue weighted by Gasteiger charge is -2.32. The van der Waals surface area contributed by atoms with Crippen molar-refractivity contribution in [2.24, 2.45) is 5.16 Å². The number of aryl methyl sites for hydroxylation is 1. The Hall–Kier alpha value is -2.87. The minimum absolute atomic E-state index is 0.105. The van der Waals surface area contributed by atoms with Crippen LogP contribution in [0.3, 0.4) is 0 Å². The van der Waals surface area contributed by atoms with Gasteiger partial charge < -0.3 is 19.4 Å². The molecule has 1 N–H and O–H groups in total. The van der Waals surface area contributed by atoms with Gasteiger partial charge in [0.05, 0.1) is 19.8 Å². The van der Waals surface area contributed by atoms with E-state index in [1.54, 1.807) is 20.8 Å². The minimum atomic E-state index is -1.48. The lowest BCUT2D eigenvalue weighted by Crippen LogP contribution is -2.31. The normalized spacial score (nSPS) is 17.1. The number of Topliss-reactive ketones (excluding diaryl/α,β-unsaturated/α-hetero) is 1. The molecule has 42 heavy (non-hydrogen) atoms. The number of epoxide rings is 1. The van der Waals surface area contributed by atoms with Crippen molar-refractivity contribution in [3.05, 3.63) is 58.1 Å². The van der Waals surface area contributed by atoms with Crippen molar-refractivity contribution >= 4 is 17.5 Å². The van der Waals surface area contributed by atoms with Crippen LogP contribution in [0.2, 0.25) is 0 Å². The van der Waals surface area contributed by atoms with Gasteiger partial charge in [0, 0.05) is 23.0 Å². The predicted octanol–water partition coefficient (Wildman–Crippen LogP) is 6.92. The van der Waals surface area contributed by atoms with E-state index in [0.29, 0.717) is 24.5 Å². The molecule has 1 saturated heterocycles. The van der Waals surface area contributed by atoms with Gasteiger partial charge in [0.1, 0.15) is 17.4 Å². The molecular formula is C35H47NO6. The Morgan fingerprint density at radius 3 is 2.36 bits per heavy atom. The number of ether oxygens (including phenoxy) is 2. The van der Waals surface area contributed by atoms with Gasteiger partial charge in [-0.3, -0.25) is 4.79 Å². The molecule has 1 heterocycles. The number of fused-ring (bicyclic) bond motifs is 3. The Labute approximate surface area is 250 Å². The second-order valence-electron chi connectivity index (χ2n) is 12.1. The number of hydrogen-bond donors (Lipinski definition) is 1. The van der Waals surface area contributed by atoms with E-state index >= 15 is 0 Å². The standard InChI is InChI=1S/C35H47NO6/c1-7-11-12-13-14-24-17-25(33(38)34(5,6)39)19-28-27-18-23(15-16-29(27)35(9-3,10-4)32(24)28)30(36-42-31(37)8-2)22-40-20-26-21-41-26/h15-19,26,39H,7-14,20-22H2,1-6H3/b36-30+. The number of carbonyl (C=O) groups is 2. The third kappa shape index (κ3) is 6.85. The molecule has 0 saturated carbocycles. The summed E-state index contributed by atoms with van der Waals surface area (Å²) >= 11 is 0. The van der Waals surface area contributed by atoms with Crippen LogP contribution in [0.4, 0.5) is 0 Å². The molecular weight excluding hydrogens is 530 g/mol. The van der Waals surface area contributed by atoms with Crippen LogP contribution in [0, 0.1) is 0 Å². The Bertz CT molecular complexity index is 1310. The number of benzene rings is 2. The summed E-state index contributed by atoms with van der Waals surface area (Å²) in [6, 6.07) is 10.3. The quantitative estimate of drug-likeness (QED) is 0.0581. The van der Waals surface area contributed by atoms with Crippen molar-refractivity contribution in [3.63, 3.8) is 0 Å². The van der Waals surface area contributed by atoms with Crippen LogP contribution < -0.4 is 0 Å². The average molecular weight is 578 g/mol. The van der Waals surface area contributed by atoms with Crippen LogP contribution >= 0.6 is 0 Å². The minimum Gasteiger partial charge on any atom is -0.382 e. The fourth-order valence-electron chi connectivity index (χ4n) is 6.17. The van der Waals surface area contributed by atoms with Crippen LogP contribution in [-0.2, 0) is 30.9 Å². The van der Waals surface area contributed by atoms with Gasteiger partial charge in [-0.05, 0) is 85.5 Å². The molecule has 0 amide bonds.